The van der Waals surface area contributed by atoms with Crippen LogP contribution in [0.4, 0.5) is 0 Å². The van der Waals surface area contributed by atoms with Crippen molar-refractivity contribution in [3.8, 4) is 11.8 Å². The largest absolute Gasteiger partial charge is 0.307 e. The van der Waals surface area contributed by atoms with E-state index in [4.69, 9.17) is 11.6 Å². The Kier molecular flexibility index (Phi) is 2.36. The molecule has 0 fully saturated rings. The molecule has 17 heavy (non-hydrogen) atoms. The molecule has 4 nitrogen and oxygen atoms in total. The van der Waals surface area contributed by atoms with E-state index < -0.39 is 0 Å². The standard InChI is InChI=1S/C12H9ClN4/c13-9-3-1-2-4-11(9)17-12(5-14)8-6-15-7-10(8)16-17/h1-4,15H,6-7H2. The molecule has 1 aromatic heterocycles. The van der Waals surface area contributed by atoms with Gasteiger partial charge in [0.1, 0.15) is 11.8 Å². The Morgan fingerprint density at radius 2 is 2.18 bits per heavy atom. The minimum absolute atomic E-state index is 0.568. The van der Waals surface area contributed by atoms with E-state index in [1.807, 2.05) is 18.2 Å². The van der Waals surface area contributed by atoms with Crippen molar-refractivity contribution in [3.63, 3.8) is 0 Å². The molecule has 1 N–H and O–H groups in total. The van der Waals surface area contributed by atoms with Crippen molar-refractivity contribution in [1.29, 1.82) is 5.26 Å². The van der Waals surface area contributed by atoms with Crippen LogP contribution in [0.25, 0.3) is 5.69 Å². The lowest BCUT2D eigenvalue weighted by Gasteiger charge is -2.05. The lowest BCUT2D eigenvalue weighted by Crippen LogP contribution is -2.08. The number of para-hydroxylation sites is 1. The highest BCUT2D eigenvalue weighted by Crippen LogP contribution is 2.25. The Morgan fingerprint density at radius 3 is 2.94 bits per heavy atom. The average molecular weight is 245 g/mol. The van der Waals surface area contributed by atoms with Crippen molar-refractivity contribution < 1.29 is 0 Å². The summed E-state index contributed by atoms with van der Waals surface area (Å²) in [5.41, 5.74) is 3.23. The van der Waals surface area contributed by atoms with Crippen LogP contribution in [0.2, 0.25) is 5.02 Å². The minimum atomic E-state index is 0.568. The highest BCUT2D eigenvalue weighted by molar-refractivity contribution is 6.32. The van der Waals surface area contributed by atoms with Gasteiger partial charge in [0.15, 0.2) is 0 Å². The molecule has 1 aliphatic rings. The fourth-order valence-corrected chi connectivity index (χ4v) is 2.26. The van der Waals surface area contributed by atoms with E-state index in [1.54, 1.807) is 10.7 Å². The van der Waals surface area contributed by atoms with Gasteiger partial charge in [0.25, 0.3) is 0 Å². The predicted octanol–water partition coefficient (Wildman–Crippen LogP) is 2.00. The molecular weight excluding hydrogens is 236 g/mol. The molecule has 5 heteroatoms. The number of hydrogen-bond donors (Lipinski definition) is 1. The fourth-order valence-electron chi connectivity index (χ4n) is 2.04. The van der Waals surface area contributed by atoms with Gasteiger partial charge in [0.2, 0.25) is 0 Å². The lowest BCUT2D eigenvalue weighted by atomic mass is 10.2. The highest BCUT2D eigenvalue weighted by Gasteiger charge is 2.22. The summed E-state index contributed by atoms with van der Waals surface area (Å²) < 4.78 is 1.63. The Hall–Kier alpha value is -1.83. The van der Waals surface area contributed by atoms with E-state index in [0.717, 1.165) is 16.9 Å². The molecule has 0 radical (unpaired) electrons. The highest BCUT2D eigenvalue weighted by atomic mass is 35.5. The molecule has 0 saturated heterocycles. The molecule has 0 atom stereocenters. The number of nitriles is 1. The maximum Gasteiger partial charge on any atom is 0.149 e. The molecule has 0 bridgehead atoms. The van der Waals surface area contributed by atoms with Gasteiger partial charge in [-0.15, -0.1) is 0 Å². The molecule has 0 saturated carbocycles. The van der Waals surface area contributed by atoms with E-state index in [2.05, 4.69) is 16.5 Å². The topological polar surface area (TPSA) is 53.6 Å². The van der Waals surface area contributed by atoms with Crippen molar-refractivity contribution >= 4 is 11.6 Å². The summed E-state index contributed by atoms with van der Waals surface area (Å²) in [4.78, 5) is 0. The molecule has 3 rings (SSSR count). The third kappa shape index (κ3) is 1.52. The summed E-state index contributed by atoms with van der Waals surface area (Å²) in [7, 11) is 0. The lowest BCUT2D eigenvalue weighted by molar-refractivity contribution is 0.717. The first-order valence-electron chi connectivity index (χ1n) is 5.27. The van der Waals surface area contributed by atoms with E-state index in [-0.39, 0.29) is 0 Å². The molecule has 1 aromatic carbocycles. The summed E-state index contributed by atoms with van der Waals surface area (Å²) in [5.74, 6) is 0. The predicted molar refractivity (Wildman–Crippen MR) is 63.8 cm³/mol. The molecular formula is C12H9ClN4. The summed E-state index contributed by atoms with van der Waals surface area (Å²) in [6.45, 7) is 1.41. The van der Waals surface area contributed by atoms with E-state index in [0.29, 0.717) is 23.8 Å². The van der Waals surface area contributed by atoms with Gasteiger partial charge < -0.3 is 5.32 Å². The molecule has 1 aliphatic heterocycles. The number of benzene rings is 1. The van der Waals surface area contributed by atoms with Crippen molar-refractivity contribution in [1.82, 2.24) is 15.1 Å². The number of nitrogens with zero attached hydrogens (tertiary/aromatic N) is 3. The molecule has 0 spiro atoms. The van der Waals surface area contributed by atoms with Crippen LogP contribution in [0.1, 0.15) is 17.0 Å². The number of fused-ring (bicyclic) bond motifs is 1. The summed E-state index contributed by atoms with van der Waals surface area (Å²) in [6, 6.07) is 9.60. The maximum atomic E-state index is 9.24. The van der Waals surface area contributed by atoms with Crippen LogP contribution in [0.15, 0.2) is 24.3 Å². The number of hydrogen-bond acceptors (Lipinski definition) is 3. The number of rotatable bonds is 1. The van der Waals surface area contributed by atoms with Crippen LogP contribution in [0.3, 0.4) is 0 Å². The quantitative estimate of drug-likeness (QED) is 0.835. The second kappa shape index (κ2) is 3.88. The van der Waals surface area contributed by atoms with E-state index >= 15 is 0 Å². The second-order valence-corrected chi connectivity index (χ2v) is 4.26. The molecule has 84 valence electrons. The molecule has 0 aliphatic carbocycles. The Labute approximate surface area is 103 Å². The molecule has 2 aromatic rings. The van der Waals surface area contributed by atoms with Gasteiger partial charge in [0.05, 0.1) is 16.4 Å². The first-order valence-corrected chi connectivity index (χ1v) is 5.65. The second-order valence-electron chi connectivity index (χ2n) is 3.85. The van der Waals surface area contributed by atoms with E-state index in [1.165, 1.54) is 0 Å². The number of aromatic nitrogens is 2. The Morgan fingerprint density at radius 1 is 1.35 bits per heavy atom. The molecule has 2 heterocycles. The first-order chi connectivity index (χ1) is 8.31. The number of nitrogens with one attached hydrogen (secondary N) is 1. The summed E-state index contributed by atoms with van der Waals surface area (Å²) in [6.07, 6.45) is 0. The van der Waals surface area contributed by atoms with Gasteiger partial charge in [-0.05, 0) is 12.1 Å². The Balaban J connectivity index is 2.23. The van der Waals surface area contributed by atoms with Crippen LogP contribution in [0.5, 0.6) is 0 Å². The zero-order valence-electron chi connectivity index (χ0n) is 8.94. The van der Waals surface area contributed by atoms with Crippen LogP contribution in [-0.4, -0.2) is 9.78 Å². The van der Waals surface area contributed by atoms with Gasteiger partial charge in [-0.3, -0.25) is 0 Å². The van der Waals surface area contributed by atoms with Gasteiger partial charge in [-0.1, -0.05) is 23.7 Å². The average Bonchev–Trinajstić information content (AvgIpc) is 2.89. The van der Waals surface area contributed by atoms with Gasteiger partial charge in [0, 0.05) is 18.7 Å². The van der Waals surface area contributed by atoms with Gasteiger partial charge >= 0.3 is 0 Å². The molecule has 0 unspecified atom stereocenters. The number of halogens is 1. The van der Waals surface area contributed by atoms with Crippen LogP contribution < -0.4 is 5.32 Å². The third-order valence-electron chi connectivity index (χ3n) is 2.85. The maximum absolute atomic E-state index is 9.24. The normalized spacial score (nSPS) is 13.4. The zero-order chi connectivity index (χ0) is 11.8. The van der Waals surface area contributed by atoms with Crippen LogP contribution >= 0.6 is 11.6 Å². The SMILES string of the molecule is N#Cc1c2c(nn1-c1ccccc1Cl)CNC2. The van der Waals surface area contributed by atoms with Crippen molar-refractivity contribution in [2.45, 2.75) is 13.1 Å². The summed E-state index contributed by atoms with van der Waals surface area (Å²) >= 11 is 6.12. The zero-order valence-corrected chi connectivity index (χ0v) is 9.70. The Bertz CT molecular complexity index is 624. The van der Waals surface area contributed by atoms with Gasteiger partial charge in [-0.25, -0.2) is 4.68 Å². The van der Waals surface area contributed by atoms with Crippen molar-refractivity contribution in [2.75, 3.05) is 0 Å². The van der Waals surface area contributed by atoms with Crippen LogP contribution in [0, 0.1) is 11.3 Å². The van der Waals surface area contributed by atoms with Crippen molar-refractivity contribution in [3.05, 3.63) is 46.2 Å². The molecule has 0 amide bonds. The van der Waals surface area contributed by atoms with Crippen molar-refractivity contribution in [2.24, 2.45) is 0 Å². The fraction of sp³-hybridized carbons (Fsp3) is 0.167. The monoisotopic (exact) mass is 244 g/mol. The summed E-state index contributed by atoms with van der Waals surface area (Å²) in [5, 5.41) is 17.5. The van der Waals surface area contributed by atoms with Crippen LogP contribution in [-0.2, 0) is 13.1 Å². The minimum Gasteiger partial charge on any atom is -0.307 e. The third-order valence-corrected chi connectivity index (χ3v) is 3.17. The van der Waals surface area contributed by atoms with E-state index in [9.17, 15) is 5.26 Å². The smallest absolute Gasteiger partial charge is 0.149 e. The first kappa shape index (κ1) is 10.3. The van der Waals surface area contributed by atoms with Gasteiger partial charge in [-0.2, -0.15) is 10.4 Å².